The summed E-state index contributed by atoms with van der Waals surface area (Å²) in [5.41, 5.74) is 2.05. The van der Waals surface area contributed by atoms with Crippen LogP contribution in [-0.4, -0.2) is 37.6 Å². The van der Waals surface area contributed by atoms with Crippen molar-refractivity contribution in [2.24, 2.45) is 0 Å². The molecule has 1 aliphatic heterocycles. The van der Waals surface area contributed by atoms with Crippen LogP contribution in [-0.2, 0) is 17.9 Å². The third-order valence-corrected chi connectivity index (χ3v) is 5.63. The Balaban J connectivity index is 1.46. The van der Waals surface area contributed by atoms with Crippen LogP contribution in [0.25, 0.3) is 0 Å². The first kappa shape index (κ1) is 21.8. The van der Waals surface area contributed by atoms with E-state index in [4.69, 9.17) is 32.7 Å². The number of nitrogens with one attached hydrogen (secondary N) is 1. The summed E-state index contributed by atoms with van der Waals surface area (Å²) in [6.45, 7) is 3.70. The van der Waals surface area contributed by atoms with Crippen molar-refractivity contribution in [3.63, 3.8) is 0 Å². The van der Waals surface area contributed by atoms with Crippen molar-refractivity contribution in [3.05, 3.63) is 57.6 Å². The van der Waals surface area contributed by atoms with Crippen LogP contribution >= 0.6 is 23.2 Å². The molecule has 2 aromatic carbocycles. The standard InChI is InChI=1S/C22H26Cl2N2O3/c1-28-21-13-16(14-25-9-3-11-26-10-2-4-22(26)27)6-8-20(21)29-15-17-5-7-18(23)19(24)12-17/h5-8,12-13,25H,2-4,9-11,14-15H2,1H3. The summed E-state index contributed by atoms with van der Waals surface area (Å²) in [6.07, 6.45) is 2.64. The Hall–Kier alpha value is -1.95. The summed E-state index contributed by atoms with van der Waals surface area (Å²) in [5, 5.41) is 4.45. The number of benzene rings is 2. The second-order valence-electron chi connectivity index (χ2n) is 7.04. The van der Waals surface area contributed by atoms with E-state index in [-0.39, 0.29) is 5.91 Å². The number of methoxy groups -OCH3 is 1. The smallest absolute Gasteiger partial charge is 0.222 e. The second kappa shape index (κ2) is 10.7. The third kappa shape index (κ3) is 6.26. The molecular formula is C22H26Cl2N2O3. The maximum atomic E-state index is 11.6. The lowest BCUT2D eigenvalue weighted by Crippen LogP contribution is -2.28. The number of halogens is 2. The maximum absolute atomic E-state index is 11.6. The lowest BCUT2D eigenvalue weighted by atomic mass is 10.2. The van der Waals surface area contributed by atoms with Crippen LogP contribution in [0.2, 0.25) is 10.0 Å². The topological polar surface area (TPSA) is 50.8 Å². The van der Waals surface area contributed by atoms with E-state index in [1.165, 1.54) is 0 Å². The molecule has 3 rings (SSSR count). The van der Waals surface area contributed by atoms with Gasteiger partial charge in [-0.1, -0.05) is 35.3 Å². The molecule has 0 saturated carbocycles. The first-order chi connectivity index (χ1) is 14.1. The Morgan fingerprint density at radius 3 is 2.62 bits per heavy atom. The predicted octanol–water partition coefficient (Wildman–Crippen LogP) is 4.68. The van der Waals surface area contributed by atoms with Crippen molar-refractivity contribution in [1.29, 1.82) is 0 Å². The Morgan fingerprint density at radius 1 is 1.07 bits per heavy atom. The highest BCUT2D eigenvalue weighted by molar-refractivity contribution is 6.42. The molecule has 0 spiro atoms. The van der Waals surface area contributed by atoms with Gasteiger partial charge in [0.1, 0.15) is 6.61 Å². The molecule has 0 aromatic heterocycles. The van der Waals surface area contributed by atoms with E-state index in [1.807, 2.05) is 29.2 Å². The number of carbonyl (C=O) groups excluding carboxylic acids is 1. The molecule has 0 bridgehead atoms. The summed E-state index contributed by atoms with van der Waals surface area (Å²) in [7, 11) is 1.63. The molecule has 2 aromatic rings. The number of rotatable bonds is 10. The van der Waals surface area contributed by atoms with Gasteiger partial charge >= 0.3 is 0 Å². The fourth-order valence-corrected chi connectivity index (χ4v) is 3.62. The minimum Gasteiger partial charge on any atom is -0.493 e. The van der Waals surface area contributed by atoms with Crippen molar-refractivity contribution in [2.75, 3.05) is 26.7 Å². The van der Waals surface area contributed by atoms with Crippen LogP contribution in [0, 0.1) is 0 Å². The first-order valence-corrected chi connectivity index (χ1v) is 10.5. The van der Waals surface area contributed by atoms with Gasteiger partial charge < -0.3 is 19.7 Å². The Labute approximate surface area is 181 Å². The zero-order valence-corrected chi connectivity index (χ0v) is 18.1. The van der Waals surface area contributed by atoms with Gasteiger partial charge in [-0.25, -0.2) is 0 Å². The number of likely N-dealkylation sites (tertiary alicyclic amines) is 1. The quantitative estimate of drug-likeness (QED) is 0.549. The summed E-state index contributed by atoms with van der Waals surface area (Å²) in [5.74, 6) is 1.65. The fourth-order valence-electron chi connectivity index (χ4n) is 3.30. The van der Waals surface area contributed by atoms with Crippen LogP contribution < -0.4 is 14.8 Å². The zero-order chi connectivity index (χ0) is 20.6. The number of hydrogen-bond donors (Lipinski definition) is 1. The third-order valence-electron chi connectivity index (χ3n) is 4.89. The molecule has 0 atom stereocenters. The molecule has 1 fully saturated rings. The van der Waals surface area contributed by atoms with E-state index in [0.717, 1.165) is 50.1 Å². The molecule has 156 valence electrons. The minimum absolute atomic E-state index is 0.284. The summed E-state index contributed by atoms with van der Waals surface area (Å²) < 4.78 is 11.4. The van der Waals surface area contributed by atoms with Gasteiger partial charge in [-0.2, -0.15) is 0 Å². The monoisotopic (exact) mass is 436 g/mol. The Kier molecular flexibility index (Phi) is 8.04. The van der Waals surface area contributed by atoms with E-state index in [9.17, 15) is 4.79 Å². The number of amides is 1. The van der Waals surface area contributed by atoms with Gasteiger partial charge in [0.15, 0.2) is 11.5 Å². The largest absolute Gasteiger partial charge is 0.493 e. The SMILES string of the molecule is COc1cc(CNCCCN2CCCC2=O)ccc1OCc1ccc(Cl)c(Cl)c1. The molecule has 1 heterocycles. The average molecular weight is 437 g/mol. The lowest BCUT2D eigenvalue weighted by Gasteiger charge is -2.15. The molecule has 0 aliphatic carbocycles. The Morgan fingerprint density at radius 2 is 1.90 bits per heavy atom. The maximum Gasteiger partial charge on any atom is 0.222 e. The van der Waals surface area contributed by atoms with E-state index in [2.05, 4.69) is 5.32 Å². The van der Waals surface area contributed by atoms with Gasteiger partial charge in [0.05, 0.1) is 17.2 Å². The van der Waals surface area contributed by atoms with Gasteiger partial charge in [-0.05, 0) is 54.8 Å². The normalized spacial score (nSPS) is 13.8. The van der Waals surface area contributed by atoms with Crippen molar-refractivity contribution < 1.29 is 14.3 Å². The highest BCUT2D eigenvalue weighted by Gasteiger charge is 2.18. The summed E-state index contributed by atoms with van der Waals surface area (Å²) in [6, 6.07) is 11.3. The molecule has 29 heavy (non-hydrogen) atoms. The molecule has 7 heteroatoms. The zero-order valence-electron chi connectivity index (χ0n) is 16.5. The van der Waals surface area contributed by atoms with Gasteiger partial charge in [0.25, 0.3) is 0 Å². The van der Waals surface area contributed by atoms with Crippen LogP contribution in [0.1, 0.15) is 30.4 Å². The van der Waals surface area contributed by atoms with Crippen LogP contribution in [0.5, 0.6) is 11.5 Å². The van der Waals surface area contributed by atoms with E-state index < -0.39 is 0 Å². The summed E-state index contributed by atoms with van der Waals surface area (Å²) >= 11 is 12.0. The van der Waals surface area contributed by atoms with Crippen LogP contribution in [0.3, 0.4) is 0 Å². The number of ether oxygens (including phenoxy) is 2. The highest BCUT2D eigenvalue weighted by atomic mass is 35.5. The Bertz CT molecular complexity index is 845. The average Bonchev–Trinajstić information content (AvgIpc) is 3.13. The van der Waals surface area contributed by atoms with Gasteiger partial charge in [0, 0.05) is 26.1 Å². The minimum atomic E-state index is 0.284. The van der Waals surface area contributed by atoms with Gasteiger partial charge in [-0.3, -0.25) is 4.79 Å². The molecule has 5 nitrogen and oxygen atoms in total. The predicted molar refractivity (Wildman–Crippen MR) is 116 cm³/mol. The summed E-state index contributed by atoms with van der Waals surface area (Å²) in [4.78, 5) is 13.6. The molecule has 1 N–H and O–H groups in total. The first-order valence-electron chi connectivity index (χ1n) is 9.79. The van der Waals surface area contributed by atoms with Crippen molar-refractivity contribution >= 4 is 29.1 Å². The molecule has 0 radical (unpaired) electrons. The van der Waals surface area contributed by atoms with Gasteiger partial charge in [-0.15, -0.1) is 0 Å². The van der Waals surface area contributed by atoms with Crippen molar-refractivity contribution in [3.8, 4) is 11.5 Å². The number of carbonyl (C=O) groups is 1. The molecule has 1 amide bonds. The van der Waals surface area contributed by atoms with Gasteiger partial charge in [0.2, 0.25) is 5.91 Å². The number of nitrogens with zero attached hydrogens (tertiary/aromatic N) is 1. The molecule has 1 saturated heterocycles. The van der Waals surface area contributed by atoms with E-state index in [0.29, 0.717) is 34.6 Å². The van der Waals surface area contributed by atoms with Crippen molar-refractivity contribution in [2.45, 2.75) is 32.4 Å². The molecule has 0 unspecified atom stereocenters. The lowest BCUT2D eigenvalue weighted by molar-refractivity contribution is -0.127. The fraction of sp³-hybridized carbons (Fsp3) is 0.409. The molecular weight excluding hydrogens is 411 g/mol. The van der Waals surface area contributed by atoms with E-state index in [1.54, 1.807) is 19.2 Å². The molecule has 1 aliphatic rings. The van der Waals surface area contributed by atoms with Crippen LogP contribution in [0.4, 0.5) is 0 Å². The highest BCUT2D eigenvalue weighted by Crippen LogP contribution is 2.29. The second-order valence-corrected chi connectivity index (χ2v) is 7.85. The van der Waals surface area contributed by atoms with Crippen LogP contribution in [0.15, 0.2) is 36.4 Å². The van der Waals surface area contributed by atoms with Crippen molar-refractivity contribution in [1.82, 2.24) is 10.2 Å². The number of hydrogen-bond acceptors (Lipinski definition) is 4. The van der Waals surface area contributed by atoms with E-state index >= 15 is 0 Å².